The first kappa shape index (κ1) is 23.9. The van der Waals surface area contributed by atoms with E-state index < -0.39 is 0 Å². The topological polar surface area (TPSA) is 116 Å². The lowest BCUT2D eigenvalue weighted by Gasteiger charge is -2.11. The van der Waals surface area contributed by atoms with Crippen LogP contribution in [-0.2, 0) is 14.3 Å². The molecule has 0 bridgehead atoms. The van der Waals surface area contributed by atoms with E-state index in [0.717, 1.165) is 10.6 Å². The van der Waals surface area contributed by atoms with Crippen molar-refractivity contribution in [2.45, 2.75) is 33.1 Å². The van der Waals surface area contributed by atoms with Crippen molar-refractivity contribution in [1.29, 1.82) is 0 Å². The molecule has 2 rings (SSSR count). The number of aromatic nitrogens is 1. The van der Waals surface area contributed by atoms with Gasteiger partial charge in [-0.05, 0) is 25.0 Å². The van der Waals surface area contributed by atoms with Crippen LogP contribution in [0.15, 0.2) is 24.3 Å². The number of nitrogens with zero attached hydrogens (tertiary/aromatic N) is 1. The van der Waals surface area contributed by atoms with E-state index in [-0.39, 0.29) is 30.8 Å². The summed E-state index contributed by atoms with van der Waals surface area (Å²) in [6.07, 6.45) is 0.177. The zero-order valence-electron chi connectivity index (χ0n) is 17.7. The molecule has 164 valence electrons. The highest BCUT2D eigenvalue weighted by atomic mass is 32.1. The molecule has 1 aromatic heterocycles. The average molecular weight is 435 g/mol. The maximum atomic E-state index is 12.7. The quantitative estimate of drug-likeness (QED) is 0.442. The lowest BCUT2D eigenvalue weighted by Crippen LogP contribution is -2.19. The van der Waals surface area contributed by atoms with Crippen LogP contribution in [0.3, 0.4) is 0 Å². The van der Waals surface area contributed by atoms with E-state index in [1.807, 2.05) is 6.92 Å². The number of para-hydroxylation sites is 1. The molecule has 0 saturated carbocycles. The summed E-state index contributed by atoms with van der Waals surface area (Å²) in [5.41, 5.74) is 7.13. The second-order valence-electron chi connectivity index (χ2n) is 6.93. The molecule has 0 unspecified atom stereocenters. The van der Waals surface area contributed by atoms with Crippen LogP contribution in [0.25, 0.3) is 0 Å². The predicted octanol–water partition coefficient (Wildman–Crippen LogP) is 3.15. The molecule has 0 aliphatic carbocycles. The largest absolute Gasteiger partial charge is 0.379 e. The summed E-state index contributed by atoms with van der Waals surface area (Å²) in [5, 5.41) is 6.16. The van der Waals surface area contributed by atoms with Gasteiger partial charge in [0.1, 0.15) is 0 Å². The van der Waals surface area contributed by atoms with Crippen LogP contribution in [-0.4, -0.2) is 49.8 Å². The first-order valence-electron chi connectivity index (χ1n) is 9.95. The minimum Gasteiger partial charge on any atom is -0.379 e. The Balaban J connectivity index is 1.89. The molecule has 0 aliphatic rings. The molecule has 0 aliphatic heterocycles. The lowest BCUT2D eigenvalue weighted by molar-refractivity contribution is -0.117. The van der Waals surface area contributed by atoms with Gasteiger partial charge in [0.2, 0.25) is 5.91 Å². The fourth-order valence-electron chi connectivity index (χ4n) is 2.73. The van der Waals surface area contributed by atoms with Crippen molar-refractivity contribution >= 4 is 34.0 Å². The van der Waals surface area contributed by atoms with Crippen molar-refractivity contribution in [3.8, 4) is 0 Å². The van der Waals surface area contributed by atoms with E-state index >= 15 is 0 Å². The molecule has 9 heteroatoms. The van der Waals surface area contributed by atoms with Crippen molar-refractivity contribution < 1.29 is 19.1 Å². The number of aryl methyl sites for hydroxylation is 1. The van der Waals surface area contributed by atoms with Gasteiger partial charge < -0.3 is 20.5 Å². The van der Waals surface area contributed by atoms with Gasteiger partial charge in [0.25, 0.3) is 5.91 Å². The number of carbonyl (C=O) groups excluding carboxylic acids is 2. The zero-order chi connectivity index (χ0) is 21.9. The molecule has 0 atom stereocenters. The van der Waals surface area contributed by atoms with Gasteiger partial charge in [-0.1, -0.05) is 26.0 Å². The van der Waals surface area contributed by atoms with Gasteiger partial charge in [0, 0.05) is 11.4 Å². The van der Waals surface area contributed by atoms with Crippen molar-refractivity contribution in [1.82, 2.24) is 4.98 Å². The van der Waals surface area contributed by atoms with E-state index in [0.29, 0.717) is 42.7 Å². The highest BCUT2D eigenvalue weighted by Crippen LogP contribution is 2.28. The van der Waals surface area contributed by atoms with Gasteiger partial charge in [-0.25, -0.2) is 4.98 Å². The van der Waals surface area contributed by atoms with Crippen LogP contribution < -0.4 is 16.4 Å². The number of hydrogen-bond acceptors (Lipinski definition) is 7. The molecule has 1 heterocycles. The van der Waals surface area contributed by atoms with Gasteiger partial charge in [-0.2, -0.15) is 0 Å². The first-order chi connectivity index (χ1) is 14.4. The fraction of sp³-hybridized carbons (Fsp3) is 0.476. The summed E-state index contributed by atoms with van der Waals surface area (Å²) < 4.78 is 10.6. The highest BCUT2D eigenvalue weighted by molar-refractivity contribution is 7.15. The SMILES string of the molecule is Cc1sc(NC(=O)c2ccccc2NC(=O)CCOCCOCCN)nc1C(C)C. The van der Waals surface area contributed by atoms with Crippen molar-refractivity contribution in [2.24, 2.45) is 5.73 Å². The minimum absolute atomic E-state index is 0.177. The second-order valence-corrected chi connectivity index (χ2v) is 8.13. The number of rotatable bonds is 12. The Kier molecular flexibility index (Phi) is 9.88. The van der Waals surface area contributed by atoms with E-state index in [1.54, 1.807) is 24.3 Å². The minimum atomic E-state index is -0.316. The number of thiazole rings is 1. The van der Waals surface area contributed by atoms with Crippen molar-refractivity contribution in [3.05, 3.63) is 40.4 Å². The van der Waals surface area contributed by atoms with Crippen LogP contribution in [0.2, 0.25) is 0 Å². The third-order valence-electron chi connectivity index (χ3n) is 4.15. The molecule has 2 aromatic rings. The van der Waals surface area contributed by atoms with Crippen molar-refractivity contribution in [3.63, 3.8) is 0 Å². The Morgan fingerprint density at radius 1 is 1.10 bits per heavy atom. The molecular formula is C21H30N4O4S. The van der Waals surface area contributed by atoms with E-state index in [4.69, 9.17) is 15.2 Å². The predicted molar refractivity (Wildman–Crippen MR) is 119 cm³/mol. The number of nitrogens with two attached hydrogens (primary N) is 1. The highest BCUT2D eigenvalue weighted by Gasteiger charge is 2.17. The number of nitrogens with one attached hydrogen (secondary N) is 2. The smallest absolute Gasteiger partial charge is 0.259 e. The standard InChI is InChI=1S/C21H30N4O4S/c1-14(2)19-15(3)30-21(24-19)25-20(27)16-6-4-5-7-17(16)23-18(26)8-10-28-12-13-29-11-9-22/h4-7,14H,8-13,22H2,1-3H3,(H,23,26)(H,24,25,27). The summed E-state index contributed by atoms with van der Waals surface area (Å²) in [6, 6.07) is 6.88. The average Bonchev–Trinajstić information content (AvgIpc) is 3.08. The summed E-state index contributed by atoms with van der Waals surface area (Å²) in [4.78, 5) is 30.6. The summed E-state index contributed by atoms with van der Waals surface area (Å²) >= 11 is 1.44. The molecule has 0 radical (unpaired) electrons. The van der Waals surface area contributed by atoms with Gasteiger partial charge >= 0.3 is 0 Å². The van der Waals surface area contributed by atoms with E-state index in [9.17, 15) is 9.59 Å². The zero-order valence-corrected chi connectivity index (χ0v) is 18.5. The van der Waals surface area contributed by atoms with Crippen LogP contribution >= 0.6 is 11.3 Å². The molecule has 1 aromatic carbocycles. The van der Waals surface area contributed by atoms with Crippen LogP contribution in [0.5, 0.6) is 0 Å². The Bertz CT molecular complexity index is 838. The fourth-order valence-corrected chi connectivity index (χ4v) is 3.70. The normalized spacial score (nSPS) is 11.0. The van der Waals surface area contributed by atoms with Crippen molar-refractivity contribution in [2.75, 3.05) is 43.6 Å². The van der Waals surface area contributed by atoms with E-state index in [2.05, 4.69) is 29.5 Å². The molecule has 30 heavy (non-hydrogen) atoms. The maximum Gasteiger partial charge on any atom is 0.259 e. The molecular weight excluding hydrogens is 404 g/mol. The number of anilines is 2. The third-order valence-corrected chi connectivity index (χ3v) is 5.06. The number of amides is 2. The number of hydrogen-bond donors (Lipinski definition) is 3. The molecule has 0 spiro atoms. The van der Waals surface area contributed by atoms with Gasteiger partial charge in [0.15, 0.2) is 5.13 Å². The van der Waals surface area contributed by atoms with Gasteiger partial charge in [-0.3, -0.25) is 14.9 Å². The van der Waals surface area contributed by atoms with Gasteiger partial charge in [-0.15, -0.1) is 11.3 Å². The molecule has 8 nitrogen and oxygen atoms in total. The molecule has 0 fully saturated rings. The maximum absolute atomic E-state index is 12.7. The molecule has 2 amide bonds. The number of ether oxygens (including phenoxy) is 2. The summed E-state index contributed by atoms with van der Waals surface area (Å²) in [7, 11) is 0. The molecule has 0 saturated heterocycles. The Morgan fingerprint density at radius 3 is 2.47 bits per heavy atom. The second kappa shape index (κ2) is 12.4. The summed E-state index contributed by atoms with van der Waals surface area (Å²) in [5.74, 6) is -0.263. The van der Waals surface area contributed by atoms with Crippen LogP contribution in [0.1, 0.15) is 47.1 Å². The van der Waals surface area contributed by atoms with E-state index in [1.165, 1.54) is 11.3 Å². The first-order valence-corrected chi connectivity index (χ1v) is 10.8. The Labute approximate surface area is 181 Å². The third kappa shape index (κ3) is 7.49. The lowest BCUT2D eigenvalue weighted by atomic mass is 10.1. The summed E-state index contributed by atoms with van der Waals surface area (Å²) in [6.45, 7) is 8.18. The van der Waals surface area contributed by atoms with Gasteiger partial charge in [0.05, 0.1) is 49.8 Å². The van der Waals surface area contributed by atoms with Crippen LogP contribution in [0, 0.1) is 6.92 Å². The Morgan fingerprint density at radius 2 is 1.80 bits per heavy atom. The Hall–Kier alpha value is -2.33. The number of benzene rings is 1. The number of carbonyl (C=O) groups is 2. The molecule has 4 N–H and O–H groups in total. The monoisotopic (exact) mass is 434 g/mol. The van der Waals surface area contributed by atoms with Crippen LogP contribution in [0.4, 0.5) is 10.8 Å².